The summed E-state index contributed by atoms with van der Waals surface area (Å²) in [6.45, 7) is 0.333. The number of amides is 2. The predicted octanol–water partition coefficient (Wildman–Crippen LogP) is 4.91. The van der Waals surface area contributed by atoms with Crippen LogP contribution in [0.1, 0.15) is 17.5 Å². The molecular weight excluding hydrogens is 585 g/mol. The average Bonchev–Trinajstić information content (AvgIpc) is 2.99. The lowest BCUT2D eigenvalue weighted by Gasteiger charge is -2.15. The van der Waals surface area contributed by atoms with Gasteiger partial charge in [0.05, 0.1) is 42.1 Å². The highest BCUT2D eigenvalue weighted by atomic mass is 32.2. The van der Waals surface area contributed by atoms with Gasteiger partial charge < -0.3 is 20.1 Å². The lowest BCUT2D eigenvalue weighted by molar-refractivity contribution is -0.137. The summed E-state index contributed by atoms with van der Waals surface area (Å²) in [5.74, 6) is -0.129. The Hall–Kier alpha value is -4.52. The molecule has 0 aliphatic rings. The number of fused-ring (bicyclic) bond motifs is 1. The van der Waals surface area contributed by atoms with E-state index in [9.17, 15) is 27.6 Å². The van der Waals surface area contributed by atoms with E-state index >= 15 is 0 Å². The van der Waals surface area contributed by atoms with Crippen molar-refractivity contribution in [1.29, 1.82) is 0 Å². The number of para-hydroxylation sites is 2. The molecule has 4 aromatic rings. The monoisotopic (exact) mass is 614 g/mol. The van der Waals surface area contributed by atoms with Crippen molar-refractivity contribution < 1.29 is 32.2 Å². The first-order valence-corrected chi connectivity index (χ1v) is 14.2. The van der Waals surface area contributed by atoms with Gasteiger partial charge in [0.25, 0.3) is 5.56 Å². The minimum atomic E-state index is -4.64. The molecule has 0 bridgehead atoms. The van der Waals surface area contributed by atoms with Crippen LogP contribution in [0.5, 0.6) is 11.5 Å². The number of carbonyl (C=O) groups excluding carboxylic acids is 2. The first kappa shape index (κ1) is 31.4. The zero-order chi connectivity index (χ0) is 31.0. The number of hydrogen-bond acceptors (Lipinski definition) is 7. The number of hydrogen-bond donors (Lipinski definition) is 2. The van der Waals surface area contributed by atoms with E-state index in [2.05, 4.69) is 15.6 Å². The number of halogens is 3. The van der Waals surface area contributed by atoms with Crippen LogP contribution in [0.15, 0.2) is 76.7 Å². The summed E-state index contributed by atoms with van der Waals surface area (Å²) in [5.41, 5.74) is -0.398. The number of nitrogens with zero attached hydrogens (tertiary/aromatic N) is 2. The third-order valence-corrected chi connectivity index (χ3v) is 7.39. The number of aromatic nitrogens is 2. The van der Waals surface area contributed by atoms with E-state index in [1.165, 1.54) is 22.8 Å². The highest BCUT2D eigenvalue weighted by molar-refractivity contribution is 7.99. The van der Waals surface area contributed by atoms with Gasteiger partial charge in [0.1, 0.15) is 0 Å². The number of ether oxygens (including phenoxy) is 2. The Balaban J connectivity index is 1.42. The standard InChI is InChI=1S/C30H29F3N4O5S/c1-41-24-12-11-19(17-25(24)42-2)13-15-34-26(38)14-16-37-28(40)20-7-3-5-9-22(20)36-29(37)43-18-27(39)35-23-10-6-4-8-21(23)30(31,32)33/h3-12,17H,13-16,18H2,1-2H3,(H,34,38)(H,35,39). The summed E-state index contributed by atoms with van der Waals surface area (Å²) in [7, 11) is 3.09. The van der Waals surface area contributed by atoms with Gasteiger partial charge in [0.15, 0.2) is 16.7 Å². The quantitative estimate of drug-likeness (QED) is 0.172. The molecule has 0 unspecified atom stereocenters. The number of alkyl halides is 3. The molecule has 0 fully saturated rings. The molecule has 43 heavy (non-hydrogen) atoms. The maximum absolute atomic E-state index is 13.3. The lowest BCUT2D eigenvalue weighted by atomic mass is 10.1. The summed E-state index contributed by atoms with van der Waals surface area (Å²) >= 11 is 0.895. The second-order valence-corrected chi connectivity index (χ2v) is 10.2. The second-order valence-electron chi connectivity index (χ2n) is 9.29. The predicted molar refractivity (Wildman–Crippen MR) is 158 cm³/mol. The van der Waals surface area contributed by atoms with Crippen LogP contribution in [0.2, 0.25) is 0 Å². The first-order chi connectivity index (χ1) is 20.6. The molecule has 0 aliphatic carbocycles. The van der Waals surface area contributed by atoms with Gasteiger partial charge in [-0.25, -0.2) is 4.98 Å². The summed E-state index contributed by atoms with van der Waals surface area (Å²) in [6, 6.07) is 16.8. The zero-order valence-corrected chi connectivity index (χ0v) is 24.2. The fourth-order valence-corrected chi connectivity index (χ4v) is 5.12. The number of methoxy groups -OCH3 is 2. The molecule has 0 atom stereocenters. The van der Waals surface area contributed by atoms with E-state index in [0.717, 1.165) is 23.4 Å². The molecule has 3 aromatic carbocycles. The third kappa shape index (κ3) is 8.07. The highest BCUT2D eigenvalue weighted by Gasteiger charge is 2.33. The van der Waals surface area contributed by atoms with Crippen molar-refractivity contribution in [3.8, 4) is 11.5 Å². The second kappa shape index (κ2) is 14.1. The van der Waals surface area contributed by atoms with Crippen molar-refractivity contribution in [2.24, 2.45) is 0 Å². The molecular formula is C30H29F3N4O5S. The molecule has 13 heteroatoms. The average molecular weight is 615 g/mol. The Morgan fingerprint density at radius 1 is 0.953 bits per heavy atom. The number of anilines is 1. The minimum Gasteiger partial charge on any atom is -0.493 e. The van der Waals surface area contributed by atoms with Gasteiger partial charge in [-0.2, -0.15) is 13.2 Å². The summed E-state index contributed by atoms with van der Waals surface area (Å²) in [6.07, 6.45) is -4.14. The van der Waals surface area contributed by atoms with Crippen molar-refractivity contribution in [2.45, 2.75) is 30.7 Å². The normalized spacial score (nSPS) is 11.3. The third-order valence-electron chi connectivity index (χ3n) is 6.41. The molecule has 0 radical (unpaired) electrons. The number of carbonyl (C=O) groups is 2. The van der Waals surface area contributed by atoms with Crippen molar-refractivity contribution >= 4 is 40.2 Å². The number of benzene rings is 3. The molecule has 0 aliphatic heterocycles. The fourth-order valence-electron chi connectivity index (χ4n) is 4.29. The summed E-state index contributed by atoms with van der Waals surface area (Å²) in [5, 5.41) is 5.62. The molecule has 2 N–H and O–H groups in total. The van der Waals surface area contributed by atoms with Crippen molar-refractivity contribution in [2.75, 3.05) is 31.8 Å². The highest BCUT2D eigenvalue weighted by Crippen LogP contribution is 2.34. The van der Waals surface area contributed by atoms with E-state index in [4.69, 9.17) is 9.47 Å². The van der Waals surface area contributed by atoms with Gasteiger partial charge in [0.2, 0.25) is 11.8 Å². The van der Waals surface area contributed by atoms with Gasteiger partial charge in [-0.15, -0.1) is 0 Å². The van der Waals surface area contributed by atoms with Gasteiger partial charge >= 0.3 is 6.18 Å². The van der Waals surface area contributed by atoms with E-state index in [1.54, 1.807) is 44.6 Å². The summed E-state index contributed by atoms with van der Waals surface area (Å²) < 4.78 is 51.8. The lowest BCUT2D eigenvalue weighted by Crippen LogP contribution is -2.30. The van der Waals surface area contributed by atoms with Crippen LogP contribution in [-0.4, -0.2) is 47.9 Å². The van der Waals surface area contributed by atoms with Crippen LogP contribution in [-0.2, 0) is 28.7 Å². The van der Waals surface area contributed by atoms with E-state index in [1.807, 2.05) is 12.1 Å². The Morgan fingerprint density at radius 3 is 2.42 bits per heavy atom. The largest absolute Gasteiger partial charge is 0.493 e. The zero-order valence-electron chi connectivity index (χ0n) is 23.4. The smallest absolute Gasteiger partial charge is 0.418 e. The molecule has 0 spiro atoms. The Morgan fingerprint density at radius 2 is 1.67 bits per heavy atom. The number of nitrogens with one attached hydrogen (secondary N) is 2. The molecule has 4 rings (SSSR count). The van der Waals surface area contributed by atoms with E-state index in [0.29, 0.717) is 35.4 Å². The molecule has 9 nitrogen and oxygen atoms in total. The Labute approximate surface area is 249 Å². The van der Waals surface area contributed by atoms with Gasteiger partial charge in [-0.05, 0) is 48.4 Å². The number of thioether (sulfide) groups is 1. The molecule has 0 saturated heterocycles. The topological polar surface area (TPSA) is 112 Å². The fraction of sp³-hybridized carbons (Fsp3) is 0.267. The van der Waals surface area contributed by atoms with Crippen molar-refractivity contribution in [3.05, 3.63) is 88.2 Å². The number of rotatable bonds is 12. The van der Waals surface area contributed by atoms with Crippen LogP contribution in [0, 0.1) is 0 Å². The maximum atomic E-state index is 13.3. The maximum Gasteiger partial charge on any atom is 0.418 e. The Bertz CT molecular complexity index is 1680. The molecule has 2 amide bonds. The molecule has 1 aromatic heterocycles. The minimum absolute atomic E-state index is 0.0142. The van der Waals surface area contributed by atoms with Crippen LogP contribution < -0.4 is 25.7 Å². The van der Waals surface area contributed by atoms with Crippen molar-refractivity contribution in [1.82, 2.24) is 14.9 Å². The van der Waals surface area contributed by atoms with Crippen molar-refractivity contribution in [3.63, 3.8) is 0 Å². The van der Waals surface area contributed by atoms with E-state index < -0.39 is 23.2 Å². The Kier molecular flexibility index (Phi) is 10.3. The molecule has 226 valence electrons. The van der Waals surface area contributed by atoms with E-state index in [-0.39, 0.29) is 35.5 Å². The van der Waals surface area contributed by atoms with Gasteiger partial charge in [0, 0.05) is 19.5 Å². The first-order valence-electron chi connectivity index (χ1n) is 13.2. The van der Waals surface area contributed by atoms with Crippen LogP contribution in [0.3, 0.4) is 0 Å². The van der Waals surface area contributed by atoms with Crippen LogP contribution in [0.4, 0.5) is 18.9 Å². The van der Waals surface area contributed by atoms with Crippen LogP contribution >= 0.6 is 11.8 Å². The SMILES string of the molecule is COc1ccc(CCNC(=O)CCn2c(SCC(=O)Nc3ccccc3C(F)(F)F)nc3ccccc3c2=O)cc1OC. The van der Waals surface area contributed by atoms with Gasteiger partial charge in [-0.3, -0.25) is 19.0 Å². The molecule has 0 saturated carbocycles. The molecule has 1 heterocycles. The summed E-state index contributed by atoms with van der Waals surface area (Å²) in [4.78, 5) is 43.0. The van der Waals surface area contributed by atoms with Crippen LogP contribution in [0.25, 0.3) is 10.9 Å². The van der Waals surface area contributed by atoms with Gasteiger partial charge in [-0.1, -0.05) is 42.1 Å².